The van der Waals surface area contributed by atoms with Gasteiger partial charge in [0.15, 0.2) is 11.6 Å². The van der Waals surface area contributed by atoms with Crippen molar-refractivity contribution in [2.75, 3.05) is 31.1 Å². The molecule has 1 amide bonds. The number of carbonyl (C=O) groups is 1. The molecule has 4 aromatic rings. The summed E-state index contributed by atoms with van der Waals surface area (Å²) in [6.07, 6.45) is 2.30. The van der Waals surface area contributed by atoms with E-state index in [1.54, 1.807) is 12.1 Å². The van der Waals surface area contributed by atoms with Gasteiger partial charge in [-0.25, -0.2) is 9.97 Å². The number of anilines is 1. The molecule has 1 aliphatic rings. The molecule has 2 aromatic carbocycles. The number of amides is 1. The van der Waals surface area contributed by atoms with Gasteiger partial charge in [-0.1, -0.05) is 60.7 Å². The van der Waals surface area contributed by atoms with Crippen LogP contribution in [0.1, 0.15) is 27.4 Å². The van der Waals surface area contributed by atoms with Crippen LogP contribution in [0.3, 0.4) is 0 Å². The first-order chi connectivity index (χ1) is 16.2. The zero-order valence-corrected chi connectivity index (χ0v) is 18.6. The summed E-state index contributed by atoms with van der Waals surface area (Å²) >= 11 is 0. The highest BCUT2D eigenvalue weighted by Crippen LogP contribution is 2.28. The number of hydrogen-bond donors (Lipinski definition) is 0. The third-order valence-corrected chi connectivity index (χ3v) is 6.05. The quantitative estimate of drug-likeness (QED) is 0.456. The number of benzene rings is 2. The van der Waals surface area contributed by atoms with Gasteiger partial charge in [0.2, 0.25) is 0 Å². The zero-order valence-electron chi connectivity index (χ0n) is 18.6. The molecule has 0 radical (unpaired) electrons. The van der Waals surface area contributed by atoms with E-state index in [2.05, 4.69) is 36.1 Å². The number of carbonyl (C=O) groups excluding carboxylic acids is 1. The van der Waals surface area contributed by atoms with Crippen LogP contribution in [0.2, 0.25) is 0 Å². The standard InChI is InChI=1S/C27H26N4O2/c1-20-23(19-21-9-4-2-5-10-21)26(29-25(28-20)22-11-6-3-7-12-22)30-14-16-31(17-15-30)27(32)24-13-8-18-33-24/h2-13,18H,14-17,19H2,1H3. The molecule has 33 heavy (non-hydrogen) atoms. The van der Waals surface area contributed by atoms with Crippen LogP contribution in [0.25, 0.3) is 11.4 Å². The van der Waals surface area contributed by atoms with E-state index in [-0.39, 0.29) is 5.91 Å². The van der Waals surface area contributed by atoms with Crippen LogP contribution in [0.15, 0.2) is 83.5 Å². The number of nitrogens with zero attached hydrogens (tertiary/aromatic N) is 4. The molecule has 0 atom stereocenters. The van der Waals surface area contributed by atoms with E-state index in [9.17, 15) is 4.79 Å². The largest absolute Gasteiger partial charge is 0.459 e. The fourth-order valence-electron chi connectivity index (χ4n) is 4.24. The maximum absolute atomic E-state index is 12.7. The number of aryl methyl sites for hydroxylation is 1. The van der Waals surface area contributed by atoms with Crippen molar-refractivity contribution in [3.63, 3.8) is 0 Å². The van der Waals surface area contributed by atoms with Crippen LogP contribution in [0, 0.1) is 6.92 Å². The third kappa shape index (κ3) is 4.51. The van der Waals surface area contributed by atoms with Crippen LogP contribution in [0.4, 0.5) is 5.82 Å². The number of piperazine rings is 1. The summed E-state index contributed by atoms with van der Waals surface area (Å²) in [6.45, 7) is 4.71. The first-order valence-electron chi connectivity index (χ1n) is 11.2. The van der Waals surface area contributed by atoms with E-state index in [4.69, 9.17) is 14.4 Å². The SMILES string of the molecule is Cc1nc(-c2ccccc2)nc(N2CCN(C(=O)c3ccco3)CC2)c1Cc1ccccc1. The molecular formula is C27H26N4O2. The Balaban J connectivity index is 1.45. The van der Waals surface area contributed by atoms with Gasteiger partial charge in [-0.2, -0.15) is 0 Å². The van der Waals surface area contributed by atoms with E-state index in [1.807, 2.05) is 41.3 Å². The lowest BCUT2D eigenvalue weighted by atomic mass is 10.0. The van der Waals surface area contributed by atoms with E-state index in [0.29, 0.717) is 31.9 Å². The third-order valence-electron chi connectivity index (χ3n) is 6.05. The molecule has 0 bridgehead atoms. The summed E-state index contributed by atoms with van der Waals surface area (Å²) in [6, 6.07) is 24.0. The summed E-state index contributed by atoms with van der Waals surface area (Å²) in [4.78, 5) is 26.7. The van der Waals surface area contributed by atoms with Crippen LogP contribution in [-0.4, -0.2) is 47.0 Å². The Morgan fingerprint density at radius 3 is 2.24 bits per heavy atom. The van der Waals surface area contributed by atoms with Crippen molar-refractivity contribution in [1.29, 1.82) is 0 Å². The number of hydrogen-bond acceptors (Lipinski definition) is 5. The van der Waals surface area contributed by atoms with Gasteiger partial charge < -0.3 is 14.2 Å². The average Bonchev–Trinajstić information content (AvgIpc) is 3.41. The van der Waals surface area contributed by atoms with Crippen molar-refractivity contribution in [1.82, 2.24) is 14.9 Å². The number of rotatable bonds is 5. The second-order valence-corrected chi connectivity index (χ2v) is 8.22. The molecule has 1 aliphatic heterocycles. The lowest BCUT2D eigenvalue weighted by Crippen LogP contribution is -2.49. The van der Waals surface area contributed by atoms with Gasteiger partial charge in [-0.15, -0.1) is 0 Å². The Morgan fingerprint density at radius 1 is 0.879 bits per heavy atom. The molecule has 3 heterocycles. The molecule has 5 rings (SSSR count). The lowest BCUT2D eigenvalue weighted by Gasteiger charge is -2.36. The summed E-state index contributed by atoms with van der Waals surface area (Å²) in [7, 11) is 0. The molecule has 0 N–H and O–H groups in total. The summed E-state index contributed by atoms with van der Waals surface area (Å²) in [5.74, 6) is 2.01. The summed E-state index contributed by atoms with van der Waals surface area (Å²) in [5, 5.41) is 0. The van der Waals surface area contributed by atoms with Gasteiger partial charge in [-0.05, 0) is 24.6 Å². The molecule has 1 saturated heterocycles. The van der Waals surface area contributed by atoms with Crippen molar-refractivity contribution in [2.24, 2.45) is 0 Å². The highest BCUT2D eigenvalue weighted by atomic mass is 16.3. The Bertz CT molecular complexity index is 1220. The highest BCUT2D eigenvalue weighted by Gasteiger charge is 2.26. The highest BCUT2D eigenvalue weighted by molar-refractivity contribution is 5.91. The van der Waals surface area contributed by atoms with Crippen molar-refractivity contribution in [3.8, 4) is 11.4 Å². The molecule has 1 fully saturated rings. The molecule has 6 nitrogen and oxygen atoms in total. The van der Waals surface area contributed by atoms with Gasteiger partial charge in [0.25, 0.3) is 5.91 Å². The van der Waals surface area contributed by atoms with Crippen LogP contribution in [-0.2, 0) is 6.42 Å². The van der Waals surface area contributed by atoms with Crippen molar-refractivity contribution < 1.29 is 9.21 Å². The first-order valence-corrected chi connectivity index (χ1v) is 11.2. The Kier molecular flexibility index (Phi) is 5.89. The maximum atomic E-state index is 12.7. The fraction of sp³-hybridized carbons (Fsp3) is 0.222. The minimum atomic E-state index is -0.0620. The van der Waals surface area contributed by atoms with Gasteiger partial charge in [0, 0.05) is 49.4 Å². The van der Waals surface area contributed by atoms with Crippen molar-refractivity contribution >= 4 is 11.7 Å². The van der Waals surface area contributed by atoms with Crippen LogP contribution in [0.5, 0.6) is 0 Å². The predicted molar refractivity (Wildman–Crippen MR) is 128 cm³/mol. The molecule has 0 spiro atoms. The molecule has 0 saturated carbocycles. The lowest BCUT2D eigenvalue weighted by molar-refractivity contribution is 0.0714. The first kappa shape index (κ1) is 20.9. The molecule has 0 aliphatic carbocycles. The van der Waals surface area contributed by atoms with Gasteiger partial charge in [0.05, 0.1) is 6.26 Å². The Hall–Kier alpha value is -3.93. The summed E-state index contributed by atoms with van der Waals surface area (Å²) in [5.41, 5.74) is 4.34. The smallest absolute Gasteiger partial charge is 0.289 e. The van der Waals surface area contributed by atoms with Gasteiger partial charge >= 0.3 is 0 Å². The Morgan fingerprint density at radius 2 is 1.58 bits per heavy atom. The summed E-state index contributed by atoms with van der Waals surface area (Å²) < 4.78 is 5.30. The van der Waals surface area contributed by atoms with Crippen LogP contribution >= 0.6 is 0 Å². The number of aromatic nitrogens is 2. The predicted octanol–water partition coefficient (Wildman–Crippen LogP) is 4.60. The Labute approximate surface area is 193 Å². The second kappa shape index (κ2) is 9.28. The topological polar surface area (TPSA) is 62.5 Å². The van der Waals surface area contributed by atoms with E-state index < -0.39 is 0 Å². The average molecular weight is 439 g/mol. The monoisotopic (exact) mass is 438 g/mol. The van der Waals surface area contributed by atoms with Gasteiger partial charge in [0.1, 0.15) is 5.82 Å². The number of furan rings is 1. The molecule has 2 aromatic heterocycles. The molecule has 0 unspecified atom stereocenters. The van der Waals surface area contributed by atoms with Crippen molar-refractivity contribution in [3.05, 3.63) is 102 Å². The van der Waals surface area contributed by atoms with E-state index in [1.165, 1.54) is 11.8 Å². The normalized spacial score (nSPS) is 13.8. The zero-order chi connectivity index (χ0) is 22.6. The molecule has 6 heteroatoms. The maximum Gasteiger partial charge on any atom is 0.289 e. The minimum Gasteiger partial charge on any atom is -0.459 e. The van der Waals surface area contributed by atoms with Crippen molar-refractivity contribution in [2.45, 2.75) is 13.3 Å². The van der Waals surface area contributed by atoms with Gasteiger partial charge in [-0.3, -0.25) is 4.79 Å². The molecule has 166 valence electrons. The van der Waals surface area contributed by atoms with E-state index in [0.717, 1.165) is 34.9 Å². The van der Waals surface area contributed by atoms with Crippen LogP contribution < -0.4 is 4.90 Å². The molecular weight excluding hydrogens is 412 g/mol. The minimum absolute atomic E-state index is 0.0620. The fourth-order valence-corrected chi connectivity index (χ4v) is 4.24. The second-order valence-electron chi connectivity index (χ2n) is 8.22. The van der Waals surface area contributed by atoms with E-state index >= 15 is 0 Å².